The van der Waals surface area contributed by atoms with E-state index in [-0.39, 0.29) is 5.54 Å². The normalized spacial score (nSPS) is 42.9. The zero-order chi connectivity index (χ0) is 8.89. The van der Waals surface area contributed by atoms with E-state index < -0.39 is 0 Å². The van der Waals surface area contributed by atoms with Crippen molar-refractivity contribution in [1.82, 2.24) is 0 Å². The monoisotopic (exact) mass is 176 g/mol. The van der Waals surface area contributed by atoms with Crippen LogP contribution < -0.4 is 0 Å². The summed E-state index contributed by atoms with van der Waals surface area (Å²) in [6, 6.07) is 0. The minimum atomic E-state index is 0.0874. The molecule has 2 atom stereocenters. The third kappa shape index (κ3) is 0.839. The van der Waals surface area contributed by atoms with Gasteiger partial charge in [0.2, 0.25) is 0 Å². The maximum Gasteiger partial charge on any atom is 0.183 e. The van der Waals surface area contributed by atoms with E-state index in [1.807, 2.05) is 0 Å². The maximum atomic E-state index is 9.90. The highest BCUT2D eigenvalue weighted by atomic mass is 15.3. The molecular formula is C11H16N2. The van der Waals surface area contributed by atoms with Crippen LogP contribution in [-0.4, -0.2) is 10.2 Å². The SMILES string of the molecule is [N-]=[N+]1C2=CC13CCCCCC3CC2. The van der Waals surface area contributed by atoms with E-state index in [0.29, 0.717) is 0 Å². The average Bonchev–Trinajstić information content (AvgIpc) is 2.40. The molecule has 2 nitrogen and oxygen atoms in total. The summed E-state index contributed by atoms with van der Waals surface area (Å²) < 4.78 is 1.59. The van der Waals surface area contributed by atoms with Gasteiger partial charge < -0.3 is 5.53 Å². The van der Waals surface area contributed by atoms with Crippen molar-refractivity contribution in [2.45, 2.75) is 50.5 Å². The van der Waals surface area contributed by atoms with Crippen molar-refractivity contribution < 1.29 is 4.70 Å². The van der Waals surface area contributed by atoms with Crippen LogP contribution in [0.5, 0.6) is 0 Å². The van der Waals surface area contributed by atoms with Crippen LogP contribution >= 0.6 is 0 Å². The summed E-state index contributed by atoms with van der Waals surface area (Å²) in [5.41, 5.74) is 11.2. The molecule has 2 unspecified atom stereocenters. The fraction of sp³-hybridized carbons (Fsp3) is 0.818. The van der Waals surface area contributed by atoms with Crippen LogP contribution in [-0.2, 0) is 0 Å². The molecule has 1 spiro atoms. The molecule has 2 bridgehead atoms. The molecule has 0 aromatic heterocycles. The van der Waals surface area contributed by atoms with Crippen LogP contribution in [0.15, 0.2) is 11.8 Å². The van der Waals surface area contributed by atoms with E-state index in [2.05, 4.69) is 6.08 Å². The molecular weight excluding hydrogens is 160 g/mol. The van der Waals surface area contributed by atoms with Gasteiger partial charge in [0.1, 0.15) is 0 Å². The van der Waals surface area contributed by atoms with Crippen molar-refractivity contribution in [3.8, 4) is 0 Å². The Balaban J connectivity index is 1.99. The quantitative estimate of drug-likeness (QED) is 0.507. The molecule has 70 valence electrons. The first kappa shape index (κ1) is 7.72. The molecule has 0 radical (unpaired) electrons. The lowest BCUT2D eigenvalue weighted by molar-refractivity contribution is -0.623. The van der Waals surface area contributed by atoms with Gasteiger partial charge in [0, 0.05) is 18.8 Å². The van der Waals surface area contributed by atoms with Gasteiger partial charge in [0.05, 0.1) is 6.08 Å². The lowest BCUT2D eigenvalue weighted by Crippen LogP contribution is -2.55. The Morgan fingerprint density at radius 3 is 3.08 bits per heavy atom. The Morgan fingerprint density at radius 1 is 1.31 bits per heavy atom. The second kappa shape index (κ2) is 2.43. The number of allylic oxidation sites excluding steroid dienone is 1. The zero-order valence-corrected chi connectivity index (χ0v) is 8.00. The maximum absolute atomic E-state index is 9.90. The fourth-order valence-corrected chi connectivity index (χ4v) is 3.41. The van der Waals surface area contributed by atoms with Crippen molar-refractivity contribution in [2.24, 2.45) is 5.92 Å². The summed E-state index contributed by atoms with van der Waals surface area (Å²) in [5, 5.41) is 0. The molecule has 0 aromatic carbocycles. The van der Waals surface area contributed by atoms with Crippen molar-refractivity contribution in [3.63, 3.8) is 0 Å². The number of nitrogens with zero attached hydrogens (tertiary/aromatic N) is 2. The number of piperidine rings is 1. The molecule has 4 aliphatic rings. The first-order chi connectivity index (χ1) is 6.33. The van der Waals surface area contributed by atoms with Crippen molar-refractivity contribution in [1.29, 1.82) is 0 Å². The molecule has 2 aliphatic heterocycles. The second-order valence-corrected chi connectivity index (χ2v) is 4.77. The van der Waals surface area contributed by atoms with Gasteiger partial charge in [-0.15, -0.1) is 0 Å². The number of hydrogen-bond acceptors (Lipinski definition) is 0. The zero-order valence-electron chi connectivity index (χ0n) is 8.00. The number of rotatable bonds is 0. The van der Waals surface area contributed by atoms with Crippen LogP contribution in [0.4, 0.5) is 0 Å². The number of fused-ring (bicyclic) bond motifs is 1. The molecule has 13 heavy (non-hydrogen) atoms. The predicted octanol–water partition coefficient (Wildman–Crippen LogP) is 3.03. The van der Waals surface area contributed by atoms with Gasteiger partial charge in [-0.2, -0.15) is 0 Å². The van der Waals surface area contributed by atoms with Crippen molar-refractivity contribution in [3.05, 3.63) is 17.3 Å². The summed E-state index contributed by atoms with van der Waals surface area (Å²) >= 11 is 0. The van der Waals surface area contributed by atoms with Crippen LogP contribution in [0.3, 0.4) is 0 Å². The highest BCUT2D eigenvalue weighted by Gasteiger charge is 2.56. The molecule has 2 heterocycles. The van der Waals surface area contributed by atoms with Crippen molar-refractivity contribution in [2.75, 3.05) is 0 Å². The van der Waals surface area contributed by atoms with E-state index in [4.69, 9.17) is 0 Å². The molecule has 1 saturated carbocycles. The van der Waals surface area contributed by atoms with Crippen LogP contribution in [0.1, 0.15) is 44.9 Å². The predicted molar refractivity (Wildman–Crippen MR) is 50.2 cm³/mol. The van der Waals surface area contributed by atoms with Gasteiger partial charge in [0.25, 0.3) is 0 Å². The Morgan fingerprint density at radius 2 is 2.23 bits per heavy atom. The number of hydrogen-bond donors (Lipinski definition) is 0. The van der Waals surface area contributed by atoms with Crippen LogP contribution in [0.25, 0.3) is 5.53 Å². The Labute approximate surface area is 79.1 Å². The second-order valence-electron chi connectivity index (χ2n) is 4.77. The summed E-state index contributed by atoms with van der Waals surface area (Å²) in [6.45, 7) is 0. The van der Waals surface area contributed by atoms with E-state index in [1.54, 1.807) is 4.70 Å². The third-order valence-corrected chi connectivity index (χ3v) is 4.17. The molecule has 2 fully saturated rings. The Bertz CT molecular complexity index is 292. The first-order valence-electron chi connectivity index (χ1n) is 5.54. The standard InChI is InChI=1S/C11H16N2/c12-13-10-6-5-9-4-2-1-3-7-11(9,13)8-10/h8-9H,1-7H2. The van der Waals surface area contributed by atoms with Crippen LogP contribution in [0, 0.1) is 5.92 Å². The van der Waals surface area contributed by atoms with E-state index >= 15 is 0 Å². The summed E-state index contributed by atoms with van der Waals surface area (Å²) in [6.07, 6.45) is 11.3. The first-order valence-corrected chi connectivity index (χ1v) is 5.54. The summed E-state index contributed by atoms with van der Waals surface area (Å²) in [4.78, 5) is 0. The fourth-order valence-electron chi connectivity index (χ4n) is 3.41. The van der Waals surface area contributed by atoms with Gasteiger partial charge >= 0.3 is 0 Å². The summed E-state index contributed by atoms with van der Waals surface area (Å²) in [7, 11) is 0. The molecule has 1 saturated heterocycles. The highest BCUT2D eigenvalue weighted by molar-refractivity contribution is 5.21. The van der Waals surface area contributed by atoms with Crippen molar-refractivity contribution >= 4 is 0 Å². The van der Waals surface area contributed by atoms with E-state index in [9.17, 15) is 5.53 Å². The smallest absolute Gasteiger partial charge is 0.183 e. The van der Waals surface area contributed by atoms with Gasteiger partial charge in [-0.1, -0.05) is 12.8 Å². The lowest BCUT2D eigenvalue weighted by Gasteiger charge is -2.47. The Kier molecular flexibility index (Phi) is 1.44. The molecule has 0 aromatic rings. The van der Waals surface area contributed by atoms with Gasteiger partial charge in [-0.05, 0) is 19.3 Å². The largest absolute Gasteiger partial charge is 0.500 e. The van der Waals surface area contributed by atoms with Crippen LogP contribution in [0.2, 0.25) is 0 Å². The van der Waals surface area contributed by atoms with Gasteiger partial charge in [-0.25, -0.2) is 0 Å². The minimum Gasteiger partial charge on any atom is -0.500 e. The average molecular weight is 176 g/mol. The third-order valence-electron chi connectivity index (χ3n) is 4.17. The Hall–Kier alpha value is -0.660. The molecule has 2 aliphatic carbocycles. The topological polar surface area (TPSA) is 25.3 Å². The molecule has 4 rings (SSSR count). The summed E-state index contributed by atoms with van der Waals surface area (Å²) in [5.74, 6) is 0.734. The van der Waals surface area contributed by atoms with Gasteiger partial charge in [0.15, 0.2) is 11.2 Å². The molecule has 2 heteroatoms. The molecule has 0 amide bonds. The van der Waals surface area contributed by atoms with Gasteiger partial charge in [-0.3, -0.25) is 4.70 Å². The minimum absolute atomic E-state index is 0.0874. The van der Waals surface area contributed by atoms with E-state index in [1.165, 1.54) is 44.2 Å². The highest BCUT2D eigenvalue weighted by Crippen LogP contribution is 2.51. The molecule has 0 N–H and O–H groups in total. The van der Waals surface area contributed by atoms with E-state index in [0.717, 1.165) is 12.3 Å². The lowest BCUT2D eigenvalue weighted by atomic mass is 9.67.